The molecule has 0 spiro atoms. The van der Waals surface area contributed by atoms with Gasteiger partial charge in [0.2, 0.25) is 15.9 Å². The molecule has 0 aromatic carbocycles. The Labute approximate surface area is 132 Å². The summed E-state index contributed by atoms with van der Waals surface area (Å²) in [6.07, 6.45) is 1.30. The molecule has 2 rings (SSSR count). The van der Waals surface area contributed by atoms with Crippen molar-refractivity contribution in [3.05, 3.63) is 18.0 Å². The van der Waals surface area contributed by atoms with Crippen LogP contribution in [0.2, 0.25) is 0 Å². The molecule has 1 amide bonds. The first-order valence-electron chi connectivity index (χ1n) is 6.83. The summed E-state index contributed by atoms with van der Waals surface area (Å²) in [6, 6.07) is 1.48. The van der Waals surface area contributed by atoms with Crippen LogP contribution < -0.4 is 0 Å². The van der Waals surface area contributed by atoms with E-state index in [0.29, 0.717) is 5.69 Å². The number of ether oxygens (including phenoxy) is 1. The normalized spacial score (nSPS) is 16.4. The molecule has 1 aliphatic rings. The lowest BCUT2D eigenvalue weighted by Crippen LogP contribution is -2.51. The molecule has 23 heavy (non-hydrogen) atoms. The molecule has 10 nitrogen and oxygen atoms in total. The van der Waals surface area contributed by atoms with E-state index < -0.39 is 22.6 Å². The van der Waals surface area contributed by atoms with Gasteiger partial charge < -0.3 is 19.3 Å². The highest BCUT2D eigenvalue weighted by atomic mass is 32.2. The van der Waals surface area contributed by atoms with Crippen molar-refractivity contribution >= 4 is 21.9 Å². The zero-order valence-electron chi connectivity index (χ0n) is 12.3. The Bertz CT molecular complexity index is 636. The number of hydrogen-bond acceptors (Lipinski definition) is 7. The van der Waals surface area contributed by atoms with Gasteiger partial charge >= 0.3 is 5.97 Å². The lowest BCUT2D eigenvalue weighted by atomic mass is 10.3. The maximum absolute atomic E-state index is 12.2. The van der Waals surface area contributed by atoms with E-state index >= 15 is 0 Å². The molecule has 11 heteroatoms. The number of carbonyl (C=O) groups is 2. The van der Waals surface area contributed by atoms with Gasteiger partial charge in [-0.1, -0.05) is 5.16 Å². The van der Waals surface area contributed by atoms with E-state index in [2.05, 4.69) is 9.68 Å². The number of sulfonamides is 1. The Morgan fingerprint density at radius 1 is 1.26 bits per heavy atom. The van der Waals surface area contributed by atoms with Crippen LogP contribution >= 0.6 is 0 Å². The van der Waals surface area contributed by atoms with Crippen molar-refractivity contribution in [2.24, 2.45) is 0 Å². The van der Waals surface area contributed by atoms with Gasteiger partial charge in [-0.15, -0.1) is 0 Å². The minimum Gasteiger partial charge on any atom is -0.480 e. The molecule has 1 aliphatic heterocycles. The molecular weight excluding hydrogens is 330 g/mol. The Kier molecular flexibility index (Phi) is 5.69. The van der Waals surface area contributed by atoms with Crippen LogP contribution in [0, 0.1) is 0 Å². The number of carboxylic acids is 1. The summed E-state index contributed by atoms with van der Waals surface area (Å²) in [5.41, 5.74) is 0.325. The minimum atomic E-state index is -3.52. The highest BCUT2D eigenvalue weighted by Gasteiger charge is 2.29. The minimum absolute atomic E-state index is 0.171. The number of nitrogens with zero attached hydrogens (tertiary/aromatic N) is 3. The van der Waals surface area contributed by atoms with Crippen LogP contribution in [0.25, 0.3) is 0 Å². The third kappa shape index (κ3) is 5.01. The lowest BCUT2D eigenvalue weighted by molar-refractivity contribution is -0.146. The Balaban J connectivity index is 1.81. The van der Waals surface area contributed by atoms with Crippen molar-refractivity contribution in [1.29, 1.82) is 0 Å². The van der Waals surface area contributed by atoms with E-state index in [1.54, 1.807) is 0 Å². The van der Waals surface area contributed by atoms with E-state index in [4.69, 9.17) is 9.84 Å². The first-order chi connectivity index (χ1) is 10.9. The van der Waals surface area contributed by atoms with Crippen molar-refractivity contribution in [3.63, 3.8) is 0 Å². The second-order valence-electron chi connectivity index (χ2n) is 4.91. The molecule has 1 saturated heterocycles. The van der Waals surface area contributed by atoms with Gasteiger partial charge in [0.1, 0.15) is 25.2 Å². The van der Waals surface area contributed by atoms with Gasteiger partial charge in [-0.25, -0.2) is 13.2 Å². The molecule has 0 saturated carbocycles. The molecule has 0 atom stereocenters. The molecule has 1 fully saturated rings. The first kappa shape index (κ1) is 17.4. The topological polar surface area (TPSA) is 130 Å². The quantitative estimate of drug-likeness (QED) is 0.647. The summed E-state index contributed by atoms with van der Waals surface area (Å²) >= 11 is 0. The second kappa shape index (κ2) is 7.53. The van der Waals surface area contributed by atoms with Gasteiger partial charge in [-0.3, -0.25) is 4.79 Å². The standard InChI is InChI=1S/C12H17N3O7S/c16-11(7-21-8-12(17)18)14-2-4-15(5-3-14)23(19,20)9-10-1-6-22-13-10/h1,6H,2-5,7-9H2,(H,17,18). The maximum Gasteiger partial charge on any atom is 0.329 e. The predicted molar refractivity (Wildman–Crippen MR) is 75.7 cm³/mol. The van der Waals surface area contributed by atoms with Crippen LogP contribution in [0.4, 0.5) is 0 Å². The third-order valence-corrected chi connectivity index (χ3v) is 5.07. The van der Waals surface area contributed by atoms with Crippen molar-refractivity contribution in [3.8, 4) is 0 Å². The molecular formula is C12H17N3O7S. The van der Waals surface area contributed by atoms with Crippen LogP contribution in [0.3, 0.4) is 0 Å². The highest BCUT2D eigenvalue weighted by Crippen LogP contribution is 2.12. The van der Waals surface area contributed by atoms with Crippen LogP contribution in [-0.4, -0.2) is 79.2 Å². The van der Waals surface area contributed by atoms with Gasteiger partial charge in [0.05, 0.1) is 5.69 Å². The maximum atomic E-state index is 12.2. The number of piperazine rings is 1. The van der Waals surface area contributed by atoms with E-state index in [-0.39, 0.29) is 44.4 Å². The van der Waals surface area contributed by atoms with Crippen molar-refractivity contribution < 1.29 is 32.4 Å². The van der Waals surface area contributed by atoms with Crippen molar-refractivity contribution in [1.82, 2.24) is 14.4 Å². The molecule has 0 unspecified atom stereocenters. The summed E-state index contributed by atoms with van der Waals surface area (Å²) in [7, 11) is -3.52. The molecule has 2 heterocycles. The predicted octanol–water partition coefficient (Wildman–Crippen LogP) is -1.25. The van der Waals surface area contributed by atoms with E-state index in [0.717, 1.165) is 0 Å². The smallest absolute Gasteiger partial charge is 0.329 e. The monoisotopic (exact) mass is 347 g/mol. The summed E-state index contributed by atoms with van der Waals surface area (Å²) in [5, 5.41) is 12.0. The zero-order valence-corrected chi connectivity index (χ0v) is 13.1. The number of aromatic nitrogens is 1. The van der Waals surface area contributed by atoms with Crippen LogP contribution in [0.5, 0.6) is 0 Å². The number of carbonyl (C=O) groups excluding carboxylic acids is 1. The Morgan fingerprint density at radius 2 is 1.96 bits per heavy atom. The Morgan fingerprint density at radius 3 is 2.52 bits per heavy atom. The van der Waals surface area contributed by atoms with Crippen molar-refractivity contribution in [2.75, 3.05) is 39.4 Å². The number of aliphatic carboxylic acids is 1. The largest absolute Gasteiger partial charge is 0.480 e. The third-order valence-electron chi connectivity index (χ3n) is 3.26. The van der Waals surface area contributed by atoms with Crippen LogP contribution in [0.15, 0.2) is 16.9 Å². The van der Waals surface area contributed by atoms with Crippen molar-refractivity contribution in [2.45, 2.75) is 5.75 Å². The summed E-state index contributed by atoms with van der Waals surface area (Å²) in [6.45, 7) is -0.0773. The molecule has 128 valence electrons. The highest BCUT2D eigenvalue weighted by molar-refractivity contribution is 7.88. The van der Waals surface area contributed by atoms with Gasteiger partial charge in [-0.05, 0) is 0 Å². The average molecular weight is 347 g/mol. The van der Waals surface area contributed by atoms with E-state index in [9.17, 15) is 18.0 Å². The fourth-order valence-corrected chi connectivity index (χ4v) is 3.55. The molecule has 0 aliphatic carbocycles. The summed E-state index contributed by atoms with van der Waals surface area (Å²) in [5.74, 6) is -1.76. The number of amides is 1. The average Bonchev–Trinajstić information content (AvgIpc) is 2.99. The summed E-state index contributed by atoms with van der Waals surface area (Å²) < 4.78 is 35.1. The second-order valence-corrected chi connectivity index (χ2v) is 6.88. The molecule has 1 aromatic rings. The summed E-state index contributed by atoms with van der Waals surface area (Å²) in [4.78, 5) is 23.6. The van der Waals surface area contributed by atoms with Gasteiger partial charge in [-0.2, -0.15) is 4.31 Å². The van der Waals surface area contributed by atoms with Crippen LogP contribution in [0.1, 0.15) is 5.69 Å². The molecule has 0 radical (unpaired) electrons. The SMILES string of the molecule is O=C(O)COCC(=O)N1CCN(S(=O)(=O)Cc2ccon2)CC1. The molecule has 0 bridgehead atoms. The van der Waals surface area contributed by atoms with Gasteiger partial charge in [0.15, 0.2) is 0 Å². The number of carboxylic acid groups (broad SMARTS) is 1. The fourth-order valence-electron chi connectivity index (χ4n) is 2.12. The number of rotatable bonds is 7. The van der Waals surface area contributed by atoms with Gasteiger partial charge in [0.25, 0.3) is 0 Å². The lowest BCUT2D eigenvalue weighted by Gasteiger charge is -2.33. The fraction of sp³-hybridized carbons (Fsp3) is 0.583. The Hall–Kier alpha value is -1.98. The molecule has 1 N–H and O–H groups in total. The van der Waals surface area contributed by atoms with E-state index in [1.165, 1.54) is 21.5 Å². The number of hydrogen-bond donors (Lipinski definition) is 1. The van der Waals surface area contributed by atoms with E-state index in [1.807, 2.05) is 0 Å². The first-order valence-corrected chi connectivity index (χ1v) is 8.44. The van der Waals surface area contributed by atoms with Gasteiger partial charge in [0, 0.05) is 32.2 Å². The van der Waals surface area contributed by atoms with Crippen LogP contribution in [-0.2, 0) is 30.1 Å². The zero-order chi connectivity index (χ0) is 16.9. The molecule has 1 aromatic heterocycles.